The Bertz CT molecular complexity index is 1360. The molecule has 0 aliphatic rings. The van der Waals surface area contributed by atoms with Crippen LogP contribution in [0.15, 0.2) is 83.3 Å². The van der Waals surface area contributed by atoms with E-state index in [9.17, 15) is 28.6 Å². The quantitative estimate of drug-likeness (QED) is 0.182. The van der Waals surface area contributed by atoms with Gasteiger partial charge in [-0.3, -0.25) is 14.9 Å². The number of carbonyl (C=O) groups excluding carboxylic acids is 1. The summed E-state index contributed by atoms with van der Waals surface area (Å²) in [6.45, 7) is 1.91. The van der Waals surface area contributed by atoms with Gasteiger partial charge in [-0.25, -0.2) is 0 Å². The third kappa shape index (κ3) is 6.03. The summed E-state index contributed by atoms with van der Waals surface area (Å²) >= 11 is 0. The van der Waals surface area contributed by atoms with Crippen molar-refractivity contribution >= 4 is 33.5 Å². The van der Waals surface area contributed by atoms with Crippen LogP contribution < -0.4 is 9.50 Å². The summed E-state index contributed by atoms with van der Waals surface area (Å²) in [6.07, 6.45) is 1.36. The summed E-state index contributed by atoms with van der Waals surface area (Å²) < 4.78 is 29.8. The van der Waals surface area contributed by atoms with E-state index in [1.165, 1.54) is 30.3 Å². The van der Waals surface area contributed by atoms with Crippen LogP contribution in [0.1, 0.15) is 11.1 Å². The van der Waals surface area contributed by atoms with Crippen LogP contribution in [-0.2, 0) is 14.9 Å². The zero-order chi connectivity index (χ0) is 24.0. The fourth-order valence-electron chi connectivity index (χ4n) is 2.68. The second-order valence-electron chi connectivity index (χ2n) is 6.85. The van der Waals surface area contributed by atoms with Gasteiger partial charge in [0.05, 0.1) is 4.92 Å². The number of nitro benzene ring substituents is 1. The molecule has 3 rings (SSSR count). The second kappa shape index (κ2) is 9.76. The molecule has 0 spiro atoms. The molecule has 10 heteroatoms. The molecular formula is C23H17N3O6S. The highest BCUT2D eigenvalue weighted by Crippen LogP contribution is 2.22. The molecule has 166 valence electrons. The number of hydrogen-bond donors (Lipinski definition) is 1. The Morgan fingerprint density at radius 2 is 1.64 bits per heavy atom. The molecule has 0 unspecified atom stereocenters. The number of carbonyl (C=O) groups is 1. The minimum atomic E-state index is -4.20. The van der Waals surface area contributed by atoms with Gasteiger partial charge >= 0.3 is 10.1 Å². The molecular weight excluding hydrogens is 446 g/mol. The van der Waals surface area contributed by atoms with Crippen LogP contribution in [0.3, 0.4) is 0 Å². The second-order valence-corrected chi connectivity index (χ2v) is 8.39. The van der Waals surface area contributed by atoms with E-state index in [4.69, 9.17) is 4.18 Å². The van der Waals surface area contributed by atoms with E-state index in [1.54, 1.807) is 12.1 Å². The molecule has 3 aromatic carbocycles. The van der Waals surface area contributed by atoms with Crippen LogP contribution >= 0.6 is 0 Å². The van der Waals surface area contributed by atoms with Crippen LogP contribution in [-0.4, -0.2) is 19.2 Å². The van der Waals surface area contributed by atoms with Gasteiger partial charge in [0.2, 0.25) is 0 Å². The van der Waals surface area contributed by atoms with Crippen molar-refractivity contribution in [1.82, 2.24) is 0 Å². The van der Waals surface area contributed by atoms with Gasteiger partial charge in [-0.2, -0.15) is 13.7 Å². The topological polar surface area (TPSA) is 139 Å². The lowest BCUT2D eigenvalue weighted by Gasteiger charge is -2.07. The number of rotatable bonds is 7. The molecule has 0 atom stereocenters. The Morgan fingerprint density at radius 1 is 1.03 bits per heavy atom. The van der Waals surface area contributed by atoms with E-state index in [0.29, 0.717) is 11.3 Å². The van der Waals surface area contributed by atoms with Crippen molar-refractivity contribution in [2.24, 2.45) is 0 Å². The summed E-state index contributed by atoms with van der Waals surface area (Å²) in [5.74, 6) is -0.587. The van der Waals surface area contributed by atoms with Gasteiger partial charge in [0.1, 0.15) is 22.3 Å². The largest absolute Gasteiger partial charge is 0.379 e. The molecule has 9 nitrogen and oxygen atoms in total. The van der Waals surface area contributed by atoms with Gasteiger partial charge in [-0.05, 0) is 55.0 Å². The maximum Gasteiger partial charge on any atom is 0.339 e. The molecule has 0 saturated carbocycles. The zero-order valence-corrected chi connectivity index (χ0v) is 18.1. The van der Waals surface area contributed by atoms with Crippen LogP contribution in [0.5, 0.6) is 5.75 Å². The van der Waals surface area contributed by atoms with E-state index in [-0.39, 0.29) is 21.9 Å². The number of benzene rings is 3. The molecule has 0 aliphatic carbocycles. The average Bonchev–Trinajstić information content (AvgIpc) is 2.80. The monoisotopic (exact) mass is 463 g/mol. The number of non-ortho nitro benzene ring substituents is 1. The highest BCUT2D eigenvalue weighted by molar-refractivity contribution is 7.87. The van der Waals surface area contributed by atoms with Gasteiger partial charge in [0.15, 0.2) is 0 Å². The lowest BCUT2D eigenvalue weighted by molar-refractivity contribution is -0.384. The summed E-state index contributed by atoms with van der Waals surface area (Å²) in [5.41, 5.74) is 1.67. The molecule has 1 N–H and O–H groups in total. The minimum absolute atomic E-state index is 0.00637. The number of aryl methyl sites for hydroxylation is 1. The Balaban J connectivity index is 1.72. The van der Waals surface area contributed by atoms with E-state index < -0.39 is 20.9 Å². The van der Waals surface area contributed by atoms with E-state index in [2.05, 4.69) is 5.32 Å². The van der Waals surface area contributed by atoms with Crippen LogP contribution in [0.25, 0.3) is 6.08 Å². The van der Waals surface area contributed by atoms with E-state index in [0.717, 1.165) is 29.8 Å². The maximum atomic E-state index is 12.4. The summed E-state index contributed by atoms with van der Waals surface area (Å²) in [7, 11) is -4.20. The van der Waals surface area contributed by atoms with E-state index in [1.807, 2.05) is 25.1 Å². The van der Waals surface area contributed by atoms with Crippen molar-refractivity contribution < 1.29 is 22.3 Å². The first-order valence-electron chi connectivity index (χ1n) is 9.47. The number of hydrogen-bond acceptors (Lipinski definition) is 7. The van der Waals surface area contributed by atoms with Crippen molar-refractivity contribution in [3.63, 3.8) is 0 Å². The number of nitriles is 1. The summed E-state index contributed by atoms with van der Waals surface area (Å²) in [4.78, 5) is 22.2. The normalized spacial score (nSPS) is 11.3. The molecule has 0 aliphatic heterocycles. The van der Waals surface area contributed by atoms with Crippen LogP contribution in [0.4, 0.5) is 11.4 Å². The smallest absolute Gasteiger partial charge is 0.339 e. The standard InChI is InChI=1S/C23H17N3O6S/c1-16-2-6-19(7-3-16)25-23(27)18(15-24)14-17-4-10-21(11-5-17)32-33(30,31)22-12-8-20(9-13-22)26(28)29/h2-14H,1H3,(H,25,27)/b18-14-. The molecule has 0 radical (unpaired) electrons. The van der Waals surface area contributed by atoms with Crippen molar-refractivity contribution in [3.05, 3.63) is 99.6 Å². The van der Waals surface area contributed by atoms with Crippen molar-refractivity contribution in [3.8, 4) is 11.8 Å². The third-order valence-corrected chi connectivity index (χ3v) is 5.67. The lowest BCUT2D eigenvalue weighted by atomic mass is 10.1. The first-order valence-corrected chi connectivity index (χ1v) is 10.9. The van der Waals surface area contributed by atoms with Crippen molar-refractivity contribution in [2.45, 2.75) is 11.8 Å². The molecule has 0 heterocycles. The molecule has 0 saturated heterocycles. The number of nitro groups is 1. The minimum Gasteiger partial charge on any atom is -0.379 e. The number of nitrogens with one attached hydrogen (secondary N) is 1. The predicted octanol–water partition coefficient (Wildman–Crippen LogP) is 4.22. The van der Waals surface area contributed by atoms with Crippen LogP contribution in [0.2, 0.25) is 0 Å². The van der Waals surface area contributed by atoms with Gasteiger partial charge < -0.3 is 9.50 Å². The summed E-state index contributed by atoms with van der Waals surface area (Å²) in [6, 6.07) is 18.9. The maximum absolute atomic E-state index is 12.4. The van der Waals surface area contributed by atoms with Gasteiger partial charge in [-0.15, -0.1) is 0 Å². The number of anilines is 1. The van der Waals surface area contributed by atoms with Crippen LogP contribution in [0, 0.1) is 28.4 Å². The number of amides is 1. The molecule has 3 aromatic rings. The highest BCUT2D eigenvalue weighted by Gasteiger charge is 2.18. The SMILES string of the molecule is Cc1ccc(NC(=O)/C(C#N)=C\c2ccc(OS(=O)(=O)c3ccc([N+](=O)[O-])cc3)cc2)cc1. The molecule has 0 fully saturated rings. The van der Waals surface area contributed by atoms with Gasteiger partial charge in [0.25, 0.3) is 11.6 Å². The first kappa shape index (κ1) is 23.2. The lowest BCUT2D eigenvalue weighted by Crippen LogP contribution is -2.13. The Labute approximate surface area is 189 Å². The Morgan fingerprint density at radius 3 is 2.18 bits per heavy atom. The fraction of sp³-hybridized carbons (Fsp3) is 0.0435. The third-order valence-electron chi connectivity index (χ3n) is 4.41. The molecule has 0 bridgehead atoms. The van der Waals surface area contributed by atoms with Crippen molar-refractivity contribution in [2.75, 3.05) is 5.32 Å². The summed E-state index contributed by atoms with van der Waals surface area (Å²) in [5, 5.41) is 22.7. The van der Waals surface area contributed by atoms with Gasteiger partial charge in [0, 0.05) is 17.8 Å². The first-order chi connectivity index (χ1) is 15.7. The van der Waals surface area contributed by atoms with E-state index >= 15 is 0 Å². The zero-order valence-electron chi connectivity index (χ0n) is 17.3. The number of nitrogens with zero attached hydrogens (tertiary/aromatic N) is 2. The highest BCUT2D eigenvalue weighted by atomic mass is 32.2. The molecule has 33 heavy (non-hydrogen) atoms. The van der Waals surface area contributed by atoms with Crippen molar-refractivity contribution in [1.29, 1.82) is 5.26 Å². The fourth-order valence-corrected chi connectivity index (χ4v) is 3.61. The molecule has 0 aromatic heterocycles. The Hall–Kier alpha value is -4.49. The molecule has 1 amide bonds. The Kier molecular flexibility index (Phi) is 6.85. The average molecular weight is 463 g/mol. The predicted molar refractivity (Wildman–Crippen MR) is 121 cm³/mol. The van der Waals surface area contributed by atoms with Gasteiger partial charge in [-0.1, -0.05) is 29.8 Å².